The van der Waals surface area contributed by atoms with Crippen LogP contribution in [0.15, 0.2) is 70.3 Å². The van der Waals surface area contributed by atoms with Gasteiger partial charge in [0.05, 0.1) is 12.0 Å². The number of anilines is 2. The van der Waals surface area contributed by atoms with Gasteiger partial charge in [-0.15, -0.1) is 0 Å². The Hall–Kier alpha value is -4.14. The quantitative estimate of drug-likeness (QED) is 0.492. The summed E-state index contributed by atoms with van der Waals surface area (Å²) in [6.45, 7) is 1.34. The number of nitrogens with zero attached hydrogens (tertiary/aromatic N) is 2. The first-order valence-corrected chi connectivity index (χ1v) is 11.1. The summed E-state index contributed by atoms with van der Waals surface area (Å²) in [6.07, 6.45) is 1.30. The van der Waals surface area contributed by atoms with Crippen molar-refractivity contribution in [2.75, 3.05) is 23.8 Å². The Kier molecular flexibility index (Phi) is 6.36. The van der Waals surface area contributed by atoms with E-state index in [1.54, 1.807) is 6.92 Å². The van der Waals surface area contributed by atoms with Crippen molar-refractivity contribution in [2.24, 2.45) is 0 Å². The lowest BCUT2D eigenvalue weighted by molar-refractivity contribution is -0.150. The van der Waals surface area contributed by atoms with E-state index in [4.69, 9.17) is 10.5 Å². The number of nitrogen functional groups attached to an aromatic ring is 1. The normalized spacial score (nSPS) is 13.8. The van der Waals surface area contributed by atoms with Gasteiger partial charge in [0, 0.05) is 6.54 Å². The molecule has 176 valence electrons. The molecule has 2 aromatic carbocycles. The third-order valence-electron chi connectivity index (χ3n) is 6.08. The number of likely N-dealkylation sites (N-methyl/N-ethyl adjacent to an activating group) is 1. The van der Waals surface area contributed by atoms with E-state index in [-0.39, 0.29) is 24.6 Å². The number of hydrogen-bond acceptors (Lipinski definition) is 6. The van der Waals surface area contributed by atoms with Crippen LogP contribution in [-0.4, -0.2) is 34.6 Å². The summed E-state index contributed by atoms with van der Waals surface area (Å²) in [5, 5.41) is 0. The molecule has 1 aliphatic carbocycles. The van der Waals surface area contributed by atoms with Gasteiger partial charge in [-0.2, -0.15) is 0 Å². The van der Waals surface area contributed by atoms with E-state index in [9.17, 15) is 19.2 Å². The van der Waals surface area contributed by atoms with Gasteiger partial charge in [0.2, 0.25) is 0 Å². The maximum absolute atomic E-state index is 13.0. The van der Waals surface area contributed by atoms with E-state index >= 15 is 0 Å². The Morgan fingerprint density at radius 3 is 2.26 bits per heavy atom. The summed E-state index contributed by atoms with van der Waals surface area (Å²) < 4.78 is 6.56. The second-order valence-electron chi connectivity index (χ2n) is 8.23. The SMILES string of the molecule is CCN(C(=O)COC(=O)C1(c2ccccc2)CC1)c1c(N)n(Cc2ccccc2)c(=O)[nH]c1=O. The number of aromatic amines is 1. The highest BCUT2D eigenvalue weighted by atomic mass is 16.5. The van der Waals surface area contributed by atoms with Crippen molar-refractivity contribution in [1.82, 2.24) is 9.55 Å². The van der Waals surface area contributed by atoms with Gasteiger partial charge >= 0.3 is 11.7 Å². The maximum Gasteiger partial charge on any atom is 0.330 e. The van der Waals surface area contributed by atoms with Crippen LogP contribution in [0.4, 0.5) is 11.5 Å². The Balaban J connectivity index is 1.54. The maximum atomic E-state index is 13.0. The fourth-order valence-electron chi connectivity index (χ4n) is 4.06. The van der Waals surface area contributed by atoms with Crippen molar-refractivity contribution >= 4 is 23.4 Å². The zero-order valence-corrected chi connectivity index (χ0v) is 18.8. The second-order valence-corrected chi connectivity index (χ2v) is 8.23. The van der Waals surface area contributed by atoms with E-state index in [0.717, 1.165) is 16.0 Å². The number of benzene rings is 2. The molecule has 1 aliphatic rings. The molecule has 9 heteroatoms. The van der Waals surface area contributed by atoms with Crippen LogP contribution in [0, 0.1) is 0 Å². The minimum Gasteiger partial charge on any atom is -0.455 e. The first kappa shape index (κ1) is 23.0. The van der Waals surface area contributed by atoms with Crippen LogP contribution < -0.4 is 21.9 Å². The molecule has 0 bridgehead atoms. The Morgan fingerprint density at radius 1 is 1.06 bits per heavy atom. The Labute approximate surface area is 195 Å². The molecule has 0 spiro atoms. The number of nitrogens with one attached hydrogen (secondary N) is 1. The number of carbonyl (C=O) groups excluding carboxylic acids is 2. The molecule has 1 fully saturated rings. The summed E-state index contributed by atoms with van der Waals surface area (Å²) in [7, 11) is 0. The van der Waals surface area contributed by atoms with Gasteiger partial charge in [-0.1, -0.05) is 60.7 Å². The number of esters is 1. The lowest BCUT2D eigenvalue weighted by Crippen LogP contribution is -2.43. The van der Waals surface area contributed by atoms with E-state index in [1.807, 2.05) is 60.7 Å². The van der Waals surface area contributed by atoms with Crippen molar-refractivity contribution in [3.05, 3.63) is 92.6 Å². The Bertz CT molecular complexity index is 1310. The number of ether oxygens (including phenoxy) is 1. The number of H-pyrrole nitrogens is 1. The fraction of sp³-hybridized carbons (Fsp3) is 0.280. The molecule has 1 heterocycles. The molecule has 9 nitrogen and oxygen atoms in total. The topological polar surface area (TPSA) is 127 Å². The monoisotopic (exact) mass is 462 g/mol. The zero-order chi connectivity index (χ0) is 24.3. The molecule has 3 N–H and O–H groups in total. The minimum absolute atomic E-state index is 0.0943. The van der Waals surface area contributed by atoms with E-state index < -0.39 is 35.1 Å². The second kappa shape index (κ2) is 9.38. The molecule has 0 aliphatic heterocycles. The summed E-state index contributed by atoms with van der Waals surface area (Å²) >= 11 is 0. The molecular weight excluding hydrogens is 436 g/mol. The number of carbonyl (C=O) groups is 2. The van der Waals surface area contributed by atoms with E-state index in [0.29, 0.717) is 12.8 Å². The number of amides is 1. The molecular formula is C25H26N4O5. The van der Waals surface area contributed by atoms with Gasteiger partial charge in [0.15, 0.2) is 12.3 Å². The highest BCUT2D eigenvalue weighted by Gasteiger charge is 2.52. The minimum atomic E-state index is -0.781. The van der Waals surface area contributed by atoms with E-state index in [1.165, 1.54) is 4.57 Å². The average molecular weight is 463 g/mol. The summed E-state index contributed by atoms with van der Waals surface area (Å²) in [5.41, 5.74) is 5.52. The highest BCUT2D eigenvalue weighted by molar-refractivity contribution is 5.98. The fourth-order valence-corrected chi connectivity index (χ4v) is 4.06. The van der Waals surface area contributed by atoms with Gasteiger partial charge < -0.3 is 15.4 Å². The lowest BCUT2D eigenvalue weighted by atomic mass is 9.96. The predicted octanol–water partition coefficient (Wildman–Crippen LogP) is 1.79. The third-order valence-corrected chi connectivity index (χ3v) is 6.08. The van der Waals surface area contributed by atoms with Crippen LogP contribution in [0.2, 0.25) is 0 Å². The van der Waals surface area contributed by atoms with Crippen LogP contribution in [0.5, 0.6) is 0 Å². The smallest absolute Gasteiger partial charge is 0.330 e. The van der Waals surface area contributed by atoms with Gasteiger partial charge in [0.1, 0.15) is 5.82 Å². The zero-order valence-electron chi connectivity index (χ0n) is 18.8. The largest absolute Gasteiger partial charge is 0.455 e. The van der Waals surface area contributed by atoms with Gasteiger partial charge in [0.25, 0.3) is 11.5 Å². The number of aromatic nitrogens is 2. The molecule has 1 amide bonds. The molecule has 34 heavy (non-hydrogen) atoms. The van der Waals surface area contributed by atoms with Crippen LogP contribution in [0.3, 0.4) is 0 Å². The lowest BCUT2D eigenvalue weighted by Gasteiger charge is -2.23. The van der Waals surface area contributed by atoms with Gasteiger partial charge in [-0.3, -0.25) is 23.9 Å². The molecule has 0 radical (unpaired) electrons. The highest BCUT2D eigenvalue weighted by Crippen LogP contribution is 2.49. The predicted molar refractivity (Wildman–Crippen MR) is 128 cm³/mol. The number of hydrogen-bond donors (Lipinski definition) is 2. The van der Waals surface area contributed by atoms with E-state index in [2.05, 4.69) is 4.98 Å². The molecule has 0 saturated heterocycles. The van der Waals surface area contributed by atoms with Crippen LogP contribution in [0.25, 0.3) is 0 Å². The standard InChI is InChI=1S/C25H26N4O5/c1-2-28(19(30)16-34-23(32)25(13-14-25)18-11-7-4-8-12-18)20-21(26)29(24(33)27-22(20)31)15-17-9-5-3-6-10-17/h3-12H,2,13-16,26H2,1H3,(H,27,31,33). The third kappa shape index (κ3) is 4.36. The Morgan fingerprint density at radius 2 is 1.68 bits per heavy atom. The molecule has 4 rings (SSSR count). The molecule has 3 aromatic rings. The van der Waals surface area contributed by atoms with Crippen LogP contribution >= 0.6 is 0 Å². The first-order valence-electron chi connectivity index (χ1n) is 11.1. The van der Waals surface area contributed by atoms with Crippen LogP contribution in [0.1, 0.15) is 30.9 Å². The number of nitrogens with two attached hydrogens (primary N) is 1. The summed E-state index contributed by atoms with van der Waals surface area (Å²) in [5.74, 6) is -1.22. The van der Waals surface area contributed by atoms with Gasteiger partial charge in [-0.05, 0) is 30.9 Å². The number of rotatable bonds is 8. The van der Waals surface area contributed by atoms with Crippen LogP contribution in [-0.2, 0) is 26.3 Å². The average Bonchev–Trinajstić information content (AvgIpc) is 3.66. The van der Waals surface area contributed by atoms with Crippen molar-refractivity contribution in [1.29, 1.82) is 0 Å². The van der Waals surface area contributed by atoms with Crippen molar-refractivity contribution < 1.29 is 14.3 Å². The van der Waals surface area contributed by atoms with Crippen molar-refractivity contribution in [3.63, 3.8) is 0 Å². The molecule has 1 saturated carbocycles. The summed E-state index contributed by atoms with van der Waals surface area (Å²) in [6, 6.07) is 18.4. The van der Waals surface area contributed by atoms with Crippen molar-refractivity contribution in [3.8, 4) is 0 Å². The first-order chi connectivity index (χ1) is 16.4. The van der Waals surface area contributed by atoms with Crippen molar-refractivity contribution in [2.45, 2.75) is 31.7 Å². The summed E-state index contributed by atoms with van der Waals surface area (Å²) in [4.78, 5) is 54.1. The molecule has 0 atom stereocenters. The molecule has 1 aromatic heterocycles. The molecule has 0 unspecified atom stereocenters. The van der Waals surface area contributed by atoms with Gasteiger partial charge in [-0.25, -0.2) is 4.79 Å².